The van der Waals surface area contributed by atoms with Gasteiger partial charge in [-0.2, -0.15) is 0 Å². The van der Waals surface area contributed by atoms with E-state index < -0.39 is 0 Å². The van der Waals surface area contributed by atoms with Crippen molar-refractivity contribution in [3.05, 3.63) is 0 Å². The van der Waals surface area contributed by atoms with E-state index in [-0.39, 0.29) is 11.8 Å². The zero-order chi connectivity index (χ0) is 11.8. The maximum absolute atomic E-state index is 11.7. The molecule has 5 nitrogen and oxygen atoms in total. The number of hydrogen-bond donors (Lipinski definition) is 2. The van der Waals surface area contributed by atoms with Crippen LogP contribution in [0.2, 0.25) is 0 Å². The third-order valence-corrected chi connectivity index (χ3v) is 2.68. The van der Waals surface area contributed by atoms with Crippen molar-refractivity contribution in [2.45, 2.75) is 26.2 Å². The topological polar surface area (TPSA) is 61.4 Å². The lowest BCUT2D eigenvalue weighted by atomic mass is 10.2. The molecule has 2 amide bonds. The Kier molecular flexibility index (Phi) is 5.85. The van der Waals surface area contributed by atoms with Gasteiger partial charge < -0.3 is 15.5 Å². The zero-order valence-electron chi connectivity index (χ0n) is 9.92. The Morgan fingerprint density at radius 1 is 1.31 bits per heavy atom. The Morgan fingerprint density at radius 3 is 2.62 bits per heavy atom. The number of nitrogens with zero attached hydrogens (tertiary/aromatic N) is 1. The molecule has 1 fully saturated rings. The van der Waals surface area contributed by atoms with Gasteiger partial charge in [-0.25, -0.2) is 0 Å². The predicted octanol–water partition coefficient (Wildman–Crippen LogP) is -0.275. The minimum atomic E-state index is 0.0506. The molecule has 0 aromatic carbocycles. The molecule has 0 aromatic heterocycles. The molecule has 1 rings (SSSR count). The maximum atomic E-state index is 11.7. The van der Waals surface area contributed by atoms with Gasteiger partial charge in [0.25, 0.3) is 0 Å². The van der Waals surface area contributed by atoms with Crippen molar-refractivity contribution in [3.63, 3.8) is 0 Å². The highest BCUT2D eigenvalue weighted by molar-refractivity contribution is 5.77. The molecule has 1 saturated heterocycles. The van der Waals surface area contributed by atoms with E-state index in [1.807, 2.05) is 11.8 Å². The second kappa shape index (κ2) is 7.22. The summed E-state index contributed by atoms with van der Waals surface area (Å²) in [7, 11) is 0. The summed E-state index contributed by atoms with van der Waals surface area (Å²) in [5, 5.41) is 5.98. The first-order valence-electron chi connectivity index (χ1n) is 5.99. The van der Waals surface area contributed by atoms with Crippen LogP contribution in [0, 0.1) is 0 Å². The molecule has 0 saturated carbocycles. The zero-order valence-corrected chi connectivity index (χ0v) is 9.92. The fourth-order valence-corrected chi connectivity index (χ4v) is 1.66. The highest BCUT2D eigenvalue weighted by Crippen LogP contribution is 1.99. The molecule has 0 bridgehead atoms. The Hall–Kier alpha value is -1.10. The van der Waals surface area contributed by atoms with Crippen LogP contribution in [0.25, 0.3) is 0 Å². The highest BCUT2D eigenvalue weighted by atomic mass is 16.2. The largest absolute Gasteiger partial charge is 0.356 e. The van der Waals surface area contributed by atoms with Crippen LogP contribution in [0.3, 0.4) is 0 Å². The summed E-state index contributed by atoms with van der Waals surface area (Å²) in [5.41, 5.74) is 0. The van der Waals surface area contributed by atoms with Crippen molar-refractivity contribution in [1.29, 1.82) is 0 Å². The molecular weight excluding hydrogens is 206 g/mol. The second-order valence-electron chi connectivity index (χ2n) is 3.94. The highest BCUT2D eigenvalue weighted by Gasteiger charge is 2.15. The molecule has 1 aliphatic rings. The fraction of sp³-hybridized carbons (Fsp3) is 0.818. The van der Waals surface area contributed by atoms with E-state index in [9.17, 15) is 9.59 Å². The number of amides is 2. The normalized spacial score (nSPS) is 15.9. The lowest BCUT2D eigenvalue weighted by Crippen LogP contribution is -2.46. The number of piperazine rings is 1. The molecule has 0 aliphatic carbocycles. The maximum Gasteiger partial charge on any atom is 0.222 e. The molecule has 1 heterocycles. The predicted molar refractivity (Wildman–Crippen MR) is 62.0 cm³/mol. The first-order valence-corrected chi connectivity index (χ1v) is 5.99. The molecule has 2 N–H and O–H groups in total. The monoisotopic (exact) mass is 227 g/mol. The van der Waals surface area contributed by atoms with Crippen LogP contribution in [0.1, 0.15) is 26.2 Å². The molecular formula is C11H21N3O2. The van der Waals surface area contributed by atoms with Gasteiger partial charge in [-0.05, 0) is 6.42 Å². The van der Waals surface area contributed by atoms with E-state index in [1.165, 1.54) is 0 Å². The van der Waals surface area contributed by atoms with Gasteiger partial charge in [0.1, 0.15) is 0 Å². The van der Waals surface area contributed by atoms with Gasteiger partial charge >= 0.3 is 0 Å². The van der Waals surface area contributed by atoms with E-state index in [2.05, 4.69) is 10.6 Å². The van der Waals surface area contributed by atoms with Crippen molar-refractivity contribution in [2.75, 3.05) is 32.7 Å². The third-order valence-electron chi connectivity index (χ3n) is 2.68. The minimum Gasteiger partial charge on any atom is -0.356 e. The molecule has 0 aromatic rings. The summed E-state index contributed by atoms with van der Waals surface area (Å²) < 4.78 is 0. The Balaban J connectivity index is 2.07. The van der Waals surface area contributed by atoms with E-state index in [1.54, 1.807) is 0 Å². The first kappa shape index (κ1) is 13.0. The van der Waals surface area contributed by atoms with Crippen molar-refractivity contribution in [1.82, 2.24) is 15.5 Å². The van der Waals surface area contributed by atoms with Gasteiger partial charge in [0.05, 0.1) is 0 Å². The van der Waals surface area contributed by atoms with Crippen molar-refractivity contribution < 1.29 is 9.59 Å². The van der Waals surface area contributed by atoms with Crippen LogP contribution in [0.15, 0.2) is 0 Å². The molecule has 0 atom stereocenters. The van der Waals surface area contributed by atoms with Crippen LogP contribution in [0.5, 0.6) is 0 Å². The number of carbonyl (C=O) groups is 2. The lowest BCUT2D eigenvalue weighted by Gasteiger charge is -2.27. The van der Waals surface area contributed by atoms with Crippen molar-refractivity contribution >= 4 is 11.8 Å². The summed E-state index contributed by atoms with van der Waals surface area (Å²) in [6, 6.07) is 0. The van der Waals surface area contributed by atoms with Crippen LogP contribution in [0.4, 0.5) is 0 Å². The number of hydrogen-bond acceptors (Lipinski definition) is 3. The first-order chi connectivity index (χ1) is 7.74. The lowest BCUT2D eigenvalue weighted by molar-refractivity contribution is -0.132. The van der Waals surface area contributed by atoms with E-state index >= 15 is 0 Å². The number of rotatable bonds is 5. The SMILES string of the molecule is CCC(=O)NCCCC(=O)N1CCNCC1. The summed E-state index contributed by atoms with van der Waals surface area (Å²) >= 11 is 0. The van der Waals surface area contributed by atoms with Crippen molar-refractivity contribution in [2.24, 2.45) is 0 Å². The Bertz CT molecular complexity index is 237. The second-order valence-corrected chi connectivity index (χ2v) is 3.94. The van der Waals surface area contributed by atoms with Gasteiger partial charge in [-0.1, -0.05) is 6.92 Å². The van der Waals surface area contributed by atoms with Gasteiger partial charge in [0.15, 0.2) is 0 Å². The van der Waals surface area contributed by atoms with E-state index in [4.69, 9.17) is 0 Å². The third kappa shape index (κ3) is 4.61. The molecule has 1 aliphatic heterocycles. The summed E-state index contributed by atoms with van der Waals surface area (Å²) in [6.45, 7) is 5.81. The van der Waals surface area contributed by atoms with Crippen LogP contribution in [-0.2, 0) is 9.59 Å². The fourth-order valence-electron chi connectivity index (χ4n) is 1.66. The molecule has 0 radical (unpaired) electrons. The van der Waals surface area contributed by atoms with Crippen LogP contribution in [-0.4, -0.2) is 49.4 Å². The van der Waals surface area contributed by atoms with E-state index in [0.717, 1.165) is 32.6 Å². The summed E-state index contributed by atoms with van der Waals surface area (Å²) in [6.07, 6.45) is 1.77. The molecule has 0 unspecified atom stereocenters. The quantitative estimate of drug-likeness (QED) is 0.635. The summed E-state index contributed by atoms with van der Waals surface area (Å²) in [4.78, 5) is 24.5. The standard InChI is InChI=1S/C11H21N3O2/c1-2-10(15)13-5-3-4-11(16)14-8-6-12-7-9-14/h12H,2-9H2,1H3,(H,13,15). The number of carbonyl (C=O) groups excluding carboxylic acids is 2. The molecule has 92 valence electrons. The van der Waals surface area contributed by atoms with Gasteiger partial charge in [-0.15, -0.1) is 0 Å². The number of nitrogens with one attached hydrogen (secondary N) is 2. The average molecular weight is 227 g/mol. The smallest absolute Gasteiger partial charge is 0.222 e. The molecule has 0 spiro atoms. The van der Waals surface area contributed by atoms with Gasteiger partial charge in [0.2, 0.25) is 11.8 Å². The van der Waals surface area contributed by atoms with E-state index in [0.29, 0.717) is 19.4 Å². The Labute approximate surface area is 96.6 Å². The minimum absolute atomic E-state index is 0.0506. The van der Waals surface area contributed by atoms with Crippen LogP contribution >= 0.6 is 0 Å². The molecule has 5 heteroatoms. The average Bonchev–Trinajstić information content (AvgIpc) is 2.35. The Morgan fingerprint density at radius 2 is 2.00 bits per heavy atom. The van der Waals surface area contributed by atoms with Crippen LogP contribution < -0.4 is 10.6 Å². The van der Waals surface area contributed by atoms with Crippen molar-refractivity contribution in [3.8, 4) is 0 Å². The van der Waals surface area contributed by atoms with Gasteiger partial charge in [0, 0.05) is 45.6 Å². The molecule has 16 heavy (non-hydrogen) atoms. The summed E-state index contributed by atoms with van der Waals surface area (Å²) in [5.74, 6) is 0.252. The van der Waals surface area contributed by atoms with Gasteiger partial charge in [-0.3, -0.25) is 9.59 Å².